The molecule has 10 nitrogen and oxygen atoms in total. The number of unbranched alkanes of at least 4 members (excludes halogenated alkanes) is 2. The van der Waals surface area contributed by atoms with Gasteiger partial charge in [0.2, 0.25) is 5.12 Å². The van der Waals surface area contributed by atoms with E-state index in [-0.39, 0.29) is 30.5 Å². The van der Waals surface area contributed by atoms with Crippen LogP contribution in [0.5, 0.6) is 11.5 Å². The highest BCUT2D eigenvalue weighted by Gasteiger charge is 2.08. The average Bonchev–Trinajstić information content (AvgIpc) is 3.11. The summed E-state index contributed by atoms with van der Waals surface area (Å²) in [6, 6.07) is 21.9. The molecule has 0 bridgehead atoms. The van der Waals surface area contributed by atoms with Gasteiger partial charge in [0.15, 0.2) is 0 Å². The van der Waals surface area contributed by atoms with Crippen molar-refractivity contribution in [3.05, 3.63) is 109 Å². The van der Waals surface area contributed by atoms with E-state index in [1.807, 2.05) is 48.5 Å². The van der Waals surface area contributed by atoms with Gasteiger partial charge >= 0.3 is 18.1 Å². The monoisotopic (exact) mass is 674 g/mol. The summed E-state index contributed by atoms with van der Waals surface area (Å²) in [5.41, 5.74) is 2.77. The molecule has 1 N–H and O–H groups in total. The fourth-order valence-corrected chi connectivity index (χ4v) is 4.50. The van der Waals surface area contributed by atoms with E-state index in [0.717, 1.165) is 39.4 Å². The maximum Gasteiger partial charge on any atom is 0.513 e. The molecular weight excluding hydrogens is 636 g/mol. The zero-order valence-electron chi connectivity index (χ0n) is 26.5. The Morgan fingerprint density at radius 2 is 1.27 bits per heavy atom. The molecule has 0 unspecified atom stereocenters. The lowest BCUT2D eigenvalue weighted by Gasteiger charge is -2.08. The third-order valence-electron chi connectivity index (χ3n) is 6.44. The van der Waals surface area contributed by atoms with Crippen molar-refractivity contribution in [3.63, 3.8) is 0 Å². The van der Waals surface area contributed by atoms with Gasteiger partial charge in [0.05, 0.1) is 38.6 Å². The van der Waals surface area contributed by atoms with Gasteiger partial charge in [0.1, 0.15) is 11.5 Å². The van der Waals surface area contributed by atoms with Crippen LogP contribution in [0.15, 0.2) is 109 Å². The summed E-state index contributed by atoms with van der Waals surface area (Å²) < 4.78 is 25.8. The second kappa shape index (κ2) is 20.9. The molecule has 0 aromatic heterocycles. The quantitative estimate of drug-likeness (QED) is 0.0353. The van der Waals surface area contributed by atoms with Crippen LogP contribution in [0.1, 0.15) is 31.2 Å². The van der Waals surface area contributed by atoms with Crippen LogP contribution in [-0.2, 0) is 28.6 Å². The van der Waals surface area contributed by atoms with E-state index in [0.29, 0.717) is 43.8 Å². The summed E-state index contributed by atoms with van der Waals surface area (Å²) in [5.74, 6) is -0.0644. The van der Waals surface area contributed by atoms with E-state index < -0.39 is 24.7 Å². The van der Waals surface area contributed by atoms with Gasteiger partial charge in [-0.05, 0) is 96.6 Å². The molecule has 0 aliphatic rings. The molecule has 0 aliphatic heterocycles. The van der Waals surface area contributed by atoms with Gasteiger partial charge in [-0.1, -0.05) is 55.6 Å². The van der Waals surface area contributed by atoms with Crippen LogP contribution in [-0.4, -0.2) is 61.4 Å². The van der Waals surface area contributed by atoms with E-state index in [4.69, 9.17) is 28.8 Å². The molecule has 0 saturated carbocycles. The normalized spacial score (nSPS) is 10.6. The van der Waals surface area contributed by atoms with Gasteiger partial charge in [-0.25, -0.2) is 14.4 Å². The predicted molar refractivity (Wildman–Crippen MR) is 182 cm³/mol. The fourth-order valence-electron chi connectivity index (χ4n) is 3.86. The molecule has 3 rings (SSSR count). The van der Waals surface area contributed by atoms with Crippen molar-refractivity contribution in [3.8, 4) is 22.6 Å². The molecule has 0 fully saturated rings. The molecule has 3 aromatic rings. The third-order valence-corrected chi connectivity index (χ3v) is 7.29. The van der Waals surface area contributed by atoms with Gasteiger partial charge < -0.3 is 28.8 Å². The van der Waals surface area contributed by atoms with Crippen molar-refractivity contribution in [2.24, 2.45) is 0 Å². The predicted octanol–water partition coefficient (Wildman–Crippen LogP) is 6.96. The summed E-state index contributed by atoms with van der Waals surface area (Å²) in [6.45, 7) is 7.36. The highest BCUT2D eigenvalue weighted by atomic mass is 32.2. The molecule has 0 heterocycles. The molecule has 3 aromatic carbocycles. The first-order valence-corrected chi connectivity index (χ1v) is 16.0. The number of thioether (sulfide) groups is 1. The van der Waals surface area contributed by atoms with Crippen LogP contribution < -0.4 is 9.47 Å². The smallest absolute Gasteiger partial charge is 0.494 e. The lowest BCUT2D eigenvalue weighted by Crippen LogP contribution is -2.12. The summed E-state index contributed by atoms with van der Waals surface area (Å²) >= 11 is 1.11. The summed E-state index contributed by atoms with van der Waals surface area (Å²) in [5, 5.41) is 8.73. The fraction of sp³-hybridized carbons (Fsp3) is 0.243. The summed E-state index contributed by atoms with van der Waals surface area (Å²) in [7, 11) is 0. The molecule has 48 heavy (non-hydrogen) atoms. The van der Waals surface area contributed by atoms with Crippen LogP contribution in [0.25, 0.3) is 17.2 Å². The average molecular weight is 675 g/mol. The second-order valence-electron chi connectivity index (χ2n) is 10.1. The Bertz CT molecular complexity index is 1540. The maximum absolute atomic E-state index is 12.5. The number of hydrogen-bond donors (Lipinski definition) is 1. The van der Waals surface area contributed by atoms with Crippen molar-refractivity contribution in [2.45, 2.75) is 30.6 Å². The zero-order valence-corrected chi connectivity index (χ0v) is 27.3. The van der Waals surface area contributed by atoms with Crippen molar-refractivity contribution in [2.75, 3.05) is 33.0 Å². The maximum atomic E-state index is 12.5. The molecular formula is C37H38O10S. The van der Waals surface area contributed by atoms with Gasteiger partial charge in [0.25, 0.3) is 0 Å². The van der Waals surface area contributed by atoms with E-state index in [9.17, 15) is 19.2 Å². The molecule has 0 aliphatic carbocycles. The first-order chi connectivity index (χ1) is 23.3. The molecule has 0 spiro atoms. The molecule has 0 amide bonds. The molecule has 0 radical (unpaired) electrons. The first kappa shape index (κ1) is 37.3. The number of aliphatic hydroxyl groups is 1. The number of carbonyl (C=O) groups is 4. The minimum atomic E-state index is -0.811. The Morgan fingerprint density at radius 1 is 0.708 bits per heavy atom. The lowest BCUT2D eigenvalue weighted by atomic mass is 10.0. The highest BCUT2D eigenvalue weighted by Crippen LogP contribution is 2.25. The van der Waals surface area contributed by atoms with E-state index in [1.54, 1.807) is 30.3 Å². The van der Waals surface area contributed by atoms with E-state index in [1.165, 1.54) is 6.08 Å². The number of hydrogen-bond acceptors (Lipinski definition) is 11. The van der Waals surface area contributed by atoms with E-state index in [2.05, 4.69) is 13.2 Å². The zero-order chi connectivity index (χ0) is 34.6. The SMILES string of the molecule is C=CC(=O)OCCCCOC(=O)Oc1ccc(-c2ccc(/C=C/C(=O)Sc3ccc(OCCCCOC(=O)C(=C)CO)cc3)cc2)cc1. The highest BCUT2D eigenvalue weighted by molar-refractivity contribution is 8.14. The van der Waals surface area contributed by atoms with Crippen LogP contribution >= 0.6 is 11.8 Å². The van der Waals surface area contributed by atoms with Crippen molar-refractivity contribution in [1.29, 1.82) is 0 Å². The number of ether oxygens (including phenoxy) is 5. The van der Waals surface area contributed by atoms with Crippen molar-refractivity contribution >= 4 is 41.0 Å². The Labute approximate surface area is 284 Å². The van der Waals surface area contributed by atoms with E-state index >= 15 is 0 Å². The molecule has 0 saturated heterocycles. The third kappa shape index (κ3) is 14.1. The number of esters is 2. The second-order valence-corrected chi connectivity index (χ2v) is 11.2. The van der Waals surface area contributed by atoms with Crippen LogP contribution in [0, 0.1) is 0 Å². The van der Waals surface area contributed by atoms with Crippen LogP contribution in [0.2, 0.25) is 0 Å². The molecule has 11 heteroatoms. The Balaban J connectivity index is 1.35. The number of benzene rings is 3. The van der Waals surface area contributed by atoms with Gasteiger partial charge in [0, 0.05) is 11.0 Å². The largest absolute Gasteiger partial charge is 0.513 e. The molecule has 0 atom stereocenters. The topological polar surface area (TPSA) is 135 Å². The first-order valence-electron chi connectivity index (χ1n) is 15.2. The van der Waals surface area contributed by atoms with Gasteiger partial charge in [-0.15, -0.1) is 0 Å². The standard InChI is InChI=1S/C37H38O10S/c1-3-34(39)44-23-5-7-25-46-37(42)47-32-15-13-30(14-16-32)29-11-8-28(9-12-29)10-21-35(40)48-33-19-17-31(18-20-33)43-22-4-6-24-45-36(41)27(2)26-38/h3,8-21,38H,1-2,4-7,22-26H2/b21-10+. The minimum absolute atomic E-state index is 0.0277. The van der Waals surface area contributed by atoms with Crippen molar-refractivity contribution in [1.82, 2.24) is 0 Å². The summed E-state index contributed by atoms with van der Waals surface area (Å²) in [4.78, 5) is 47.6. The van der Waals surface area contributed by atoms with Crippen molar-refractivity contribution < 1.29 is 48.0 Å². The Hall–Kier alpha value is -5.13. The Morgan fingerprint density at radius 3 is 1.90 bits per heavy atom. The number of rotatable bonds is 19. The van der Waals surface area contributed by atoms with Crippen LogP contribution in [0.3, 0.4) is 0 Å². The summed E-state index contributed by atoms with van der Waals surface area (Å²) in [6.07, 6.45) is 5.93. The number of carbonyl (C=O) groups excluding carboxylic acids is 4. The molecule has 252 valence electrons. The minimum Gasteiger partial charge on any atom is -0.494 e. The number of aliphatic hydroxyl groups excluding tert-OH is 1. The Kier molecular flexibility index (Phi) is 16.2. The van der Waals surface area contributed by atoms with Crippen LogP contribution in [0.4, 0.5) is 4.79 Å². The lowest BCUT2D eigenvalue weighted by molar-refractivity contribution is -0.140. The van der Waals surface area contributed by atoms with Gasteiger partial charge in [-0.3, -0.25) is 4.79 Å². The van der Waals surface area contributed by atoms with Gasteiger partial charge in [-0.2, -0.15) is 0 Å².